The minimum atomic E-state index is -3.52. The van der Waals surface area contributed by atoms with E-state index in [4.69, 9.17) is 0 Å². The Hall–Kier alpha value is -1.65. The number of fused-ring (bicyclic) bond motifs is 1. The second-order valence-corrected chi connectivity index (χ2v) is 5.81. The fraction of sp³-hybridized carbons (Fsp3) is 0.143. The molecule has 0 heterocycles. The maximum Gasteiger partial charge on any atom is 0.241 e. The Morgan fingerprint density at radius 1 is 1.17 bits per heavy atom. The van der Waals surface area contributed by atoms with Crippen LogP contribution >= 0.6 is 0 Å². The molecule has 1 unspecified atom stereocenters. The molecule has 0 aliphatic rings. The number of rotatable bonds is 4. The van der Waals surface area contributed by atoms with Crippen molar-refractivity contribution in [1.82, 2.24) is 4.72 Å². The van der Waals surface area contributed by atoms with Crippen molar-refractivity contribution in [3.05, 3.63) is 55.1 Å². The maximum atomic E-state index is 12.3. The Labute approximate surface area is 107 Å². The van der Waals surface area contributed by atoms with E-state index < -0.39 is 10.0 Å². The van der Waals surface area contributed by atoms with Crippen LogP contribution in [0.15, 0.2) is 60.0 Å². The van der Waals surface area contributed by atoms with Crippen LogP contribution in [0.25, 0.3) is 10.8 Å². The molecule has 0 saturated heterocycles. The van der Waals surface area contributed by atoms with Gasteiger partial charge in [0.1, 0.15) is 0 Å². The number of nitrogens with one attached hydrogen (secondary N) is 1. The topological polar surface area (TPSA) is 46.2 Å². The minimum absolute atomic E-state index is 0.297. The monoisotopic (exact) mass is 261 g/mol. The predicted molar refractivity (Wildman–Crippen MR) is 73.9 cm³/mol. The first kappa shape index (κ1) is 12.8. The van der Waals surface area contributed by atoms with Crippen molar-refractivity contribution >= 4 is 20.8 Å². The van der Waals surface area contributed by atoms with Crippen molar-refractivity contribution in [2.24, 2.45) is 0 Å². The van der Waals surface area contributed by atoms with Crippen molar-refractivity contribution in [1.29, 1.82) is 0 Å². The molecule has 0 aliphatic carbocycles. The summed E-state index contributed by atoms with van der Waals surface area (Å²) in [5.41, 5.74) is 0. The highest BCUT2D eigenvalue weighted by atomic mass is 32.2. The van der Waals surface area contributed by atoms with E-state index in [9.17, 15) is 8.42 Å². The molecule has 0 amide bonds. The Morgan fingerprint density at radius 2 is 1.83 bits per heavy atom. The molecule has 3 nitrogen and oxygen atoms in total. The van der Waals surface area contributed by atoms with Gasteiger partial charge in [0.25, 0.3) is 0 Å². The van der Waals surface area contributed by atoms with Crippen molar-refractivity contribution in [2.75, 3.05) is 0 Å². The Kier molecular flexibility index (Phi) is 3.50. The van der Waals surface area contributed by atoms with Gasteiger partial charge >= 0.3 is 0 Å². The van der Waals surface area contributed by atoms with Crippen molar-refractivity contribution < 1.29 is 8.42 Å². The molecule has 1 atom stereocenters. The van der Waals surface area contributed by atoms with Gasteiger partial charge in [0, 0.05) is 11.4 Å². The second kappa shape index (κ2) is 4.92. The largest absolute Gasteiger partial charge is 0.241 e. The second-order valence-electron chi connectivity index (χ2n) is 4.12. The highest BCUT2D eigenvalue weighted by Gasteiger charge is 2.18. The molecule has 2 aromatic rings. The van der Waals surface area contributed by atoms with Crippen LogP contribution in [0.2, 0.25) is 0 Å². The predicted octanol–water partition coefficient (Wildman–Crippen LogP) is 2.69. The number of benzene rings is 2. The lowest BCUT2D eigenvalue weighted by atomic mass is 10.1. The summed E-state index contributed by atoms with van der Waals surface area (Å²) in [5.74, 6) is 0. The van der Waals surface area contributed by atoms with E-state index in [0.29, 0.717) is 4.90 Å². The third-order valence-corrected chi connectivity index (χ3v) is 4.35. The molecule has 0 aromatic heterocycles. The van der Waals surface area contributed by atoms with E-state index in [0.717, 1.165) is 10.8 Å². The first-order valence-electron chi connectivity index (χ1n) is 5.67. The SMILES string of the molecule is C=CC(C)NS(=O)(=O)c1cccc2ccccc12. The van der Waals surface area contributed by atoms with E-state index >= 15 is 0 Å². The van der Waals surface area contributed by atoms with Gasteiger partial charge in [-0.05, 0) is 18.4 Å². The Morgan fingerprint density at radius 3 is 2.56 bits per heavy atom. The average Bonchev–Trinajstić information content (AvgIpc) is 2.37. The number of hydrogen-bond acceptors (Lipinski definition) is 2. The van der Waals surface area contributed by atoms with Crippen LogP contribution in [0, 0.1) is 0 Å². The quantitative estimate of drug-likeness (QED) is 0.860. The summed E-state index contributed by atoms with van der Waals surface area (Å²) in [4.78, 5) is 0.300. The molecule has 2 rings (SSSR count). The van der Waals surface area contributed by atoms with Crippen LogP contribution in [-0.2, 0) is 10.0 Å². The third-order valence-electron chi connectivity index (χ3n) is 2.73. The van der Waals surface area contributed by atoms with Crippen LogP contribution in [0.3, 0.4) is 0 Å². The molecule has 0 aliphatic heterocycles. The highest BCUT2D eigenvalue weighted by molar-refractivity contribution is 7.89. The van der Waals surface area contributed by atoms with Gasteiger partial charge in [-0.25, -0.2) is 13.1 Å². The Balaban J connectivity index is 2.57. The lowest BCUT2D eigenvalue weighted by Crippen LogP contribution is -2.31. The number of hydrogen-bond donors (Lipinski definition) is 1. The zero-order valence-electron chi connectivity index (χ0n) is 10.1. The van der Waals surface area contributed by atoms with E-state index in [1.165, 1.54) is 0 Å². The molecule has 2 aromatic carbocycles. The zero-order chi connectivity index (χ0) is 13.2. The lowest BCUT2D eigenvalue weighted by molar-refractivity contribution is 0.577. The van der Waals surface area contributed by atoms with E-state index in [-0.39, 0.29) is 6.04 Å². The van der Waals surface area contributed by atoms with Crippen LogP contribution in [0.4, 0.5) is 0 Å². The van der Waals surface area contributed by atoms with Crippen molar-refractivity contribution in [3.63, 3.8) is 0 Å². The van der Waals surface area contributed by atoms with Gasteiger partial charge in [0.2, 0.25) is 10.0 Å². The highest BCUT2D eigenvalue weighted by Crippen LogP contribution is 2.22. The molecule has 1 N–H and O–H groups in total. The molecule has 0 spiro atoms. The van der Waals surface area contributed by atoms with Crippen LogP contribution < -0.4 is 4.72 Å². The standard InChI is InChI=1S/C14H15NO2S/c1-3-11(2)15-18(16,17)14-10-6-8-12-7-4-5-9-13(12)14/h3-11,15H,1H2,2H3. The summed E-state index contributed by atoms with van der Waals surface area (Å²) in [6.45, 7) is 5.32. The summed E-state index contributed by atoms with van der Waals surface area (Å²) < 4.78 is 27.1. The van der Waals surface area contributed by atoms with Gasteiger partial charge in [0.05, 0.1) is 4.90 Å². The lowest BCUT2D eigenvalue weighted by Gasteiger charge is -2.12. The first-order chi connectivity index (χ1) is 8.54. The third kappa shape index (κ3) is 2.44. The van der Waals surface area contributed by atoms with Crippen molar-refractivity contribution in [2.45, 2.75) is 17.9 Å². The maximum absolute atomic E-state index is 12.3. The molecular formula is C14H15NO2S. The summed E-state index contributed by atoms with van der Waals surface area (Å²) in [6, 6.07) is 12.4. The molecule has 0 radical (unpaired) electrons. The molecule has 18 heavy (non-hydrogen) atoms. The summed E-state index contributed by atoms with van der Waals surface area (Å²) in [5, 5.41) is 1.63. The average molecular weight is 261 g/mol. The van der Waals surface area contributed by atoms with Crippen molar-refractivity contribution in [3.8, 4) is 0 Å². The molecule has 94 valence electrons. The number of sulfonamides is 1. The van der Waals surface area contributed by atoms with Gasteiger partial charge in [-0.1, -0.05) is 42.5 Å². The molecular weight excluding hydrogens is 246 g/mol. The molecule has 0 fully saturated rings. The van der Waals surface area contributed by atoms with Gasteiger partial charge in [-0.3, -0.25) is 0 Å². The molecule has 4 heteroatoms. The van der Waals surface area contributed by atoms with E-state index in [2.05, 4.69) is 11.3 Å². The summed E-state index contributed by atoms with van der Waals surface area (Å²) in [7, 11) is -3.52. The summed E-state index contributed by atoms with van der Waals surface area (Å²) in [6.07, 6.45) is 1.56. The normalized spacial score (nSPS) is 13.4. The zero-order valence-corrected chi connectivity index (χ0v) is 10.9. The van der Waals surface area contributed by atoms with E-state index in [1.54, 1.807) is 25.1 Å². The Bertz CT molecular complexity index is 672. The summed E-state index contributed by atoms with van der Waals surface area (Å²) >= 11 is 0. The smallest absolute Gasteiger partial charge is 0.207 e. The van der Waals surface area contributed by atoms with Crippen LogP contribution in [0.5, 0.6) is 0 Å². The van der Waals surface area contributed by atoms with E-state index in [1.807, 2.05) is 30.3 Å². The van der Waals surface area contributed by atoms with Gasteiger partial charge in [-0.15, -0.1) is 6.58 Å². The van der Waals surface area contributed by atoms with Crippen LogP contribution in [0.1, 0.15) is 6.92 Å². The minimum Gasteiger partial charge on any atom is -0.207 e. The van der Waals surface area contributed by atoms with Gasteiger partial charge < -0.3 is 0 Å². The van der Waals surface area contributed by atoms with Crippen LogP contribution in [-0.4, -0.2) is 14.5 Å². The fourth-order valence-electron chi connectivity index (χ4n) is 1.79. The van der Waals surface area contributed by atoms with Gasteiger partial charge in [-0.2, -0.15) is 0 Å². The van der Waals surface area contributed by atoms with Gasteiger partial charge in [0.15, 0.2) is 0 Å². The fourth-order valence-corrected chi connectivity index (χ4v) is 3.23. The molecule has 0 bridgehead atoms. The first-order valence-corrected chi connectivity index (χ1v) is 7.15. The molecule has 0 saturated carbocycles.